The summed E-state index contributed by atoms with van der Waals surface area (Å²) in [5.74, 6) is -15.5. The average molecular weight is 1560 g/mol. The Morgan fingerprint density at radius 1 is 0.673 bits per heavy atom. The number of aliphatic hydroxyl groups is 6. The third-order valence-corrected chi connectivity index (χ3v) is 20.4. The summed E-state index contributed by atoms with van der Waals surface area (Å²) in [6, 6.07) is 1.50. The lowest BCUT2D eigenvalue weighted by molar-refractivity contribution is -0.333. The van der Waals surface area contributed by atoms with E-state index in [2.05, 4.69) is 37.2 Å². The summed E-state index contributed by atoms with van der Waals surface area (Å²) < 4.78 is 51.7. The standard InChI is InChI=1S/C73H89ClN10O26/c1-27(2)16-39(78-7)64(95)83-54-56(90)30-8-12-35(13-9-30)105-44-19-33-20-45(60(44)110-71-61(58(92)57(91)46(26-85)107-71)109-49-25-73(6,77)63(94)29(4)104-49)106-43-15-11-32(18-38(43)74)59(108-48-24-72(5,76)62(93)28(3)103-48)55-69(100)82-53(70(101)102)37-21-34(86)22-42(88)50(37)36-17-31(10-14-41(36)87)51(66(97)84-55)81-67(98)52(33)80-65(96)40(23-47(75)89)79-68(54)99/h8-15,17-22,27-29,39-40,46,48-49,51-59,61-63,71,78,85-88,90-94H,16,23-26,76-77H2,1-7H3,(H2,75,89)(H,79,99)(H,80,96)(H,81,98)(H,82,100)(H,83,95)(H,84,97)(H,101,102)/t28-,29-,39+,40-,46+,48+,49+,51-,52-,53?,54-,55-,56+,57-,58+,59+,61+,62-,63-,71-,72+,73+/m1/s1. The molecule has 11 bridgehead atoms. The first-order chi connectivity index (χ1) is 51.8. The molecule has 37 heteroatoms. The third-order valence-electron chi connectivity index (χ3n) is 20.1. The maximum atomic E-state index is 16.3. The molecule has 594 valence electrons. The van der Waals surface area contributed by atoms with Crippen molar-refractivity contribution in [3.8, 4) is 57.1 Å². The number of primary amides is 1. The second kappa shape index (κ2) is 32.8. The van der Waals surface area contributed by atoms with Crippen LogP contribution >= 0.6 is 11.6 Å². The summed E-state index contributed by atoms with van der Waals surface area (Å²) in [5, 5.41) is 132. The van der Waals surface area contributed by atoms with Crippen LogP contribution in [0.15, 0.2) is 84.9 Å². The Kier molecular flexibility index (Phi) is 24.2. The number of halogens is 1. The van der Waals surface area contributed by atoms with Gasteiger partial charge in [-0.05, 0) is 124 Å². The number of nitrogens with two attached hydrogens (primary N) is 3. The highest BCUT2D eigenvalue weighted by Gasteiger charge is 2.52. The van der Waals surface area contributed by atoms with Crippen molar-refractivity contribution in [3.63, 3.8) is 0 Å². The Labute approximate surface area is 633 Å². The predicted molar refractivity (Wildman–Crippen MR) is 381 cm³/mol. The highest BCUT2D eigenvalue weighted by atomic mass is 35.5. The number of nitrogens with one attached hydrogen (secondary N) is 7. The van der Waals surface area contributed by atoms with E-state index in [1.54, 1.807) is 0 Å². The molecule has 1 unspecified atom stereocenters. The number of phenols is 3. The zero-order valence-corrected chi connectivity index (χ0v) is 61.1. The van der Waals surface area contributed by atoms with E-state index in [4.69, 9.17) is 66.7 Å². The zero-order valence-electron chi connectivity index (χ0n) is 60.4. The van der Waals surface area contributed by atoms with Crippen molar-refractivity contribution in [3.05, 3.63) is 118 Å². The summed E-state index contributed by atoms with van der Waals surface area (Å²) in [5.41, 5.74) is 13.5. The molecule has 13 rings (SSSR count). The number of carboxylic acid groups (broad SMARTS) is 1. The lowest BCUT2D eigenvalue weighted by atomic mass is 9.86. The number of ether oxygens (including phenoxy) is 8. The van der Waals surface area contributed by atoms with Gasteiger partial charge in [-0.1, -0.05) is 49.7 Å². The van der Waals surface area contributed by atoms with Crippen LogP contribution in [0.2, 0.25) is 5.02 Å². The highest BCUT2D eigenvalue weighted by Crippen LogP contribution is 2.50. The summed E-state index contributed by atoms with van der Waals surface area (Å²) >= 11 is 7.34. The second-order valence-electron chi connectivity index (χ2n) is 29.1. The van der Waals surface area contributed by atoms with E-state index in [-0.39, 0.29) is 53.4 Å². The number of aliphatic hydroxyl groups excluding tert-OH is 6. The SMILES string of the molecule is CN[C@@H](CC(C)C)C(=O)N[C@H]1C(=O)N[C@H](CC(N)=O)C(=O)N[C@H]2C(=O)N[C@H]3C(=O)N[C@@H](C(=O)NC(C(=O)O)c4cc(O)cc(O)c4-c4cc3ccc4O)[C@@H](O[C@H]3C[C@](C)(N)[C@H](O)[C@@H](C)O3)c3ccc(c(Cl)c3)Oc3cc2cc(c3O[C@H]2O[C@@H](CO)[C@@H](O)[C@H](O)[C@@H]2O[C@H]2C[C@](C)(N)[C@H](O)[C@@H](C)O2)Oc2ccc(cc2)[C@@H]1O. The number of carboxylic acids is 1. The average Bonchev–Trinajstić information content (AvgIpc) is 0.766. The minimum absolute atomic E-state index is 0.0558. The van der Waals surface area contributed by atoms with Gasteiger partial charge in [-0.15, -0.1) is 0 Å². The molecule has 0 saturated carbocycles. The van der Waals surface area contributed by atoms with Crippen molar-refractivity contribution in [2.24, 2.45) is 23.1 Å². The number of fused-ring (bicyclic) bond motifs is 15. The molecule has 23 N–H and O–H groups in total. The lowest BCUT2D eigenvalue weighted by Gasteiger charge is -2.47. The molecule has 22 atom stereocenters. The van der Waals surface area contributed by atoms with E-state index in [1.807, 2.05) is 13.8 Å². The van der Waals surface area contributed by atoms with Crippen molar-refractivity contribution in [1.29, 1.82) is 0 Å². The summed E-state index contributed by atoms with van der Waals surface area (Å²) in [6.07, 6.45) is -22.4. The smallest absolute Gasteiger partial charge is 0.330 e. The Morgan fingerprint density at radius 2 is 1.27 bits per heavy atom. The van der Waals surface area contributed by atoms with Gasteiger partial charge >= 0.3 is 5.97 Å². The molecule has 0 aromatic heterocycles. The van der Waals surface area contributed by atoms with Gasteiger partial charge in [0.2, 0.25) is 53.4 Å². The lowest BCUT2D eigenvalue weighted by Crippen LogP contribution is -2.64. The first-order valence-corrected chi connectivity index (χ1v) is 35.6. The van der Waals surface area contributed by atoms with Gasteiger partial charge in [0, 0.05) is 46.7 Å². The summed E-state index contributed by atoms with van der Waals surface area (Å²) in [7, 11) is 1.49. The van der Waals surface area contributed by atoms with Crippen LogP contribution in [0.1, 0.15) is 125 Å². The number of hydrogen-bond acceptors (Lipinski definition) is 28. The number of phenolic OH excluding ortho intramolecular Hbond substituents is 3. The van der Waals surface area contributed by atoms with E-state index >= 15 is 19.2 Å². The van der Waals surface area contributed by atoms with Crippen molar-refractivity contribution in [2.45, 2.75) is 201 Å². The van der Waals surface area contributed by atoms with Gasteiger partial charge in [-0.3, -0.25) is 33.6 Å². The van der Waals surface area contributed by atoms with E-state index < -0.39 is 255 Å². The topological polar surface area (TPSA) is 575 Å². The fourth-order valence-corrected chi connectivity index (χ4v) is 14.4. The molecule has 8 heterocycles. The second-order valence-corrected chi connectivity index (χ2v) is 29.5. The normalized spacial score (nSPS) is 32.2. The molecule has 8 aliphatic rings. The fraction of sp³-hybridized carbons (Fsp3) is 0.479. The minimum atomic E-state index is -2.34. The van der Waals surface area contributed by atoms with Crippen LogP contribution in [0, 0.1) is 5.92 Å². The Hall–Kier alpha value is -9.61. The Balaban J connectivity index is 1.18. The molecule has 0 aliphatic carbocycles. The van der Waals surface area contributed by atoms with E-state index in [9.17, 15) is 70.2 Å². The van der Waals surface area contributed by atoms with Crippen molar-refractivity contribution < 1.29 is 127 Å². The van der Waals surface area contributed by atoms with Gasteiger partial charge in [0.25, 0.3) is 0 Å². The molecule has 3 saturated heterocycles. The molecule has 5 aromatic rings. The van der Waals surface area contributed by atoms with Crippen molar-refractivity contribution >= 4 is 58.9 Å². The van der Waals surface area contributed by atoms with Crippen LogP contribution < -0.4 is 68.6 Å². The maximum absolute atomic E-state index is 16.3. The zero-order chi connectivity index (χ0) is 80.0. The van der Waals surface area contributed by atoms with Gasteiger partial charge in [0.05, 0.1) is 48.5 Å². The molecular weight excluding hydrogens is 1470 g/mol. The monoisotopic (exact) mass is 1560 g/mol. The molecule has 110 heavy (non-hydrogen) atoms. The number of carbonyl (C=O) groups excluding carboxylic acids is 7. The number of aliphatic carboxylic acids is 1. The minimum Gasteiger partial charge on any atom is -0.508 e. The largest absolute Gasteiger partial charge is 0.508 e. The molecule has 5 aromatic carbocycles. The number of aromatic hydroxyl groups is 3. The Bertz CT molecular complexity index is 4350. The quantitative estimate of drug-likeness (QED) is 0.0639. The molecule has 0 radical (unpaired) electrons. The molecule has 8 aliphatic heterocycles. The number of carbonyl (C=O) groups is 8. The number of amides is 7. The predicted octanol–water partition coefficient (Wildman–Crippen LogP) is -0.310. The number of benzene rings is 5. The summed E-state index contributed by atoms with van der Waals surface area (Å²) in [4.78, 5) is 120. The highest BCUT2D eigenvalue weighted by molar-refractivity contribution is 6.32. The van der Waals surface area contributed by atoms with Gasteiger partial charge in [-0.2, -0.15) is 0 Å². The van der Waals surface area contributed by atoms with Crippen LogP contribution in [0.4, 0.5) is 0 Å². The molecule has 0 spiro atoms. The number of rotatable bonds is 15. The first kappa shape index (κ1) is 81.4. The molecular formula is C73H89ClN10O26. The van der Waals surface area contributed by atoms with E-state index in [1.165, 1.54) is 77.2 Å². The van der Waals surface area contributed by atoms with E-state index in [0.29, 0.717) is 0 Å². The Morgan fingerprint density at radius 3 is 1.87 bits per heavy atom. The van der Waals surface area contributed by atoms with Crippen molar-refractivity contribution in [2.75, 3.05) is 13.7 Å². The molecule has 7 amide bonds. The van der Waals surface area contributed by atoms with Crippen LogP contribution in [0.5, 0.6) is 46.0 Å². The number of hydrogen-bond donors (Lipinski definition) is 20. The van der Waals surface area contributed by atoms with Crippen LogP contribution in [0.3, 0.4) is 0 Å². The molecule has 3 fully saturated rings. The molecule has 36 nitrogen and oxygen atoms in total. The number of likely N-dealkylation sites (N-methyl/N-ethyl adjacent to an activating group) is 1. The third kappa shape index (κ3) is 17.3. The van der Waals surface area contributed by atoms with Crippen molar-refractivity contribution in [1.82, 2.24) is 37.2 Å². The maximum Gasteiger partial charge on any atom is 0.330 e. The van der Waals surface area contributed by atoms with Crippen LogP contribution in [-0.4, -0.2) is 215 Å². The van der Waals surface area contributed by atoms with Crippen LogP contribution in [-0.2, 0) is 62.0 Å². The van der Waals surface area contributed by atoms with Crippen LogP contribution in [0.25, 0.3) is 11.1 Å². The van der Waals surface area contributed by atoms with E-state index in [0.717, 1.165) is 42.5 Å². The van der Waals surface area contributed by atoms with Gasteiger partial charge in [0.15, 0.2) is 36.2 Å². The van der Waals surface area contributed by atoms with Gasteiger partial charge < -0.3 is 143 Å². The fourth-order valence-electron chi connectivity index (χ4n) is 14.2. The van der Waals surface area contributed by atoms with Gasteiger partial charge in [0.1, 0.15) is 89.5 Å². The van der Waals surface area contributed by atoms with Gasteiger partial charge in [-0.25, -0.2) is 4.79 Å². The first-order valence-electron chi connectivity index (χ1n) is 35.2. The summed E-state index contributed by atoms with van der Waals surface area (Å²) in [6.45, 7) is 8.65.